The van der Waals surface area contributed by atoms with Crippen molar-refractivity contribution < 1.29 is 9.47 Å². The van der Waals surface area contributed by atoms with Crippen LogP contribution in [0.3, 0.4) is 0 Å². The van der Waals surface area contributed by atoms with Gasteiger partial charge in [0.25, 0.3) is 0 Å². The van der Waals surface area contributed by atoms with Crippen molar-refractivity contribution in [2.24, 2.45) is 7.05 Å². The van der Waals surface area contributed by atoms with Gasteiger partial charge in [0, 0.05) is 19.3 Å². The predicted molar refractivity (Wildman–Crippen MR) is 68.2 cm³/mol. The van der Waals surface area contributed by atoms with Crippen LogP contribution in [0.2, 0.25) is 0 Å². The Morgan fingerprint density at radius 2 is 2.12 bits per heavy atom. The molecule has 4 nitrogen and oxygen atoms in total. The van der Waals surface area contributed by atoms with Gasteiger partial charge in [-0.25, -0.2) is 4.98 Å². The van der Waals surface area contributed by atoms with Crippen LogP contribution in [0, 0.1) is 0 Å². The number of hydrogen-bond acceptors (Lipinski definition) is 3. The fourth-order valence-corrected chi connectivity index (χ4v) is 1.95. The first-order valence-corrected chi connectivity index (χ1v) is 5.93. The van der Waals surface area contributed by atoms with Gasteiger partial charge in [-0.15, -0.1) is 0 Å². The highest BCUT2D eigenvalue weighted by Crippen LogP contribution is 2.20. The van der Waals surface area contributed by atoms with Gasteiger partial charge in [0.15, 0.2) is 0 Å². The maximum Gasteiger partial charge on any atom is 0.147 e. The molecule has 0 unspecified atom stereocenters. The van der Waals surface area contributed by atoms with E-state index in [1.54, 1.807) is 7.11 Å². The van der Waals surface area contributed by atoms with Gasteiger partial charge in [-0.3, -0.25) is 0 Å². The highest BCUT2D eigenvalue weighted by atomic mass is 79.9. The van der Waals surface area contributed by atoms with Crippen molar-refractivity contribution in [2.75, 3.05) is 7.11 Å². The van der Waals surface area contributed by atoms with Crippen molar-refractivity contribution in [3.05, 3.63) is 40.9 Å². The first-order valence-electron chi connectivity index (χ1n) is 5.13. The molecule has 17 heavy (non-hydrogen) atoms. The van der Waals surface area contributed by atoms with E-state index in [-0.39, 0.29) is 0 Å². The summed E-state index contributed by atoms with van der Waals surface area (Å²) in [4.78, 5) is 4.29. The Morgan fingerprint density at radius 1 is 1.35 bits per heavy atom. The molecule has 2 rings (SSSR count). The highest BCUT2D eigenvalue weighted by molar-refractivity contribution is 9.10. The lowest BCUT2D eigenvalue weighted by Crippen LogP contribution is -2.02. The first-order chi connectivity index (χ1) is 8.19. The number of nitrogens with zero attached hydrogens (tertiary/aromatic N) is 2. The van der Waals surface area contributed by atoms with E-state index in [1.165, 1.54) is 0 Å². The second-order valence-corrected chi connectivity index (χ2v) is 4.37. The lowest BCUT2D eigenvalue weighted by molar-refractivity contribution is 0.289. The zero-order chi connectivity index (χ0) is 12.3. The maximum atomic E-state index is 5.64. The Labute approximate surface area is 108 Å². The van der Waals surface area contributed by atoms with Crippen molar-refractivity contribution in [3.63, 3.8) is 0 Å². The average molecular weight is 297 g/mol. The van der Waals surface area contributed by atoms with Crippen LogP contribution in [0.1, 0.15) is 5.82 Å². The lowest BCUT2D eigenvalue weighted by Gasteiger charge is -2.07. The zero-order valence-electron chi connectivity index (χ0n) is 9.68. The van der Waals surface area contributed by atoms with Crippen molar-refractivity contribution in [1.82, 2.24) is 9.55 Å². The van der Waals surface area contributed by atoms with Gasteiger partial charge < -0.3 is 14.0 Å². The third-order valence-corrected chi connectivity index (χ3v) is 2.73. The molecule has 0 amide bonds. The standard InChI is InChI=1S/C12H13BrN2O2/c1-15-7-11(13)14-12(15)8-17-10-5-3-4-9(6-10)16-2/h3-7H,8H2,1-2H3. The molecular formula is C12H13BrN2O2. The quantitative estimate of drug-likeness (QED) is 0.870. The van der Waals surface area contributed by atoms with Gasteiger partial charge in [-0.05, 0) is 28.1 Å². The predicted octanol–water partition coefficient (Wildman–Crippen LogP) is 2.77. The summed E-state index contributed by atoms with van der Waals surface area (Å²) in [6, 6.07) is 7.51. The minimum atomic E-state index is 0.426. The summed E-state index contributed by atoms with van der Waals surface area (Å²) in [7, 11) is 3.57. The smallest absolute Gasteiger partial charge is 0.147 e. The summed E-state index contributed by atoms with van der Waals surface area (Å²) in [5.41, 5.74) is 0. The number of ether oxygens (including phenoxy) is 2. The largest absolute Gasteiger partial charge is 0.497 e. The highest BCUT2D eigenvalue weighted by Gasteiger charge is 2.04. The Hall–Kier alpha value is -1.49. The molecule has 0 aliphatic carbocycles. The van der Waals surface area contributed by atoms with Gasteiger partial charge in [-0.2, -0.15) is 0 Å². The Morgan fingerprint density at radius 3 is 2.76 bits per heavy atom. The molecule has 0 fully saturated rings. The van der Waals surface area contributed by atoms with E-state index in [1.807, 2.05) is 42.1 Å². The third-order valence-electron chi connectivity index (χ3n) is 2.35. The Kier molecular flexibility index (Phi) is 3.68. The fraction of sp³-hybridized carbons (Fsp3) is 0.250. The molecule has 0 spiro atoms. The molecule has 0 aliphatic rings. The molecule has 1 heterocycles. The van der Waals surface area contributed by atoms with Crippen LogP contribution in [0.25, 0.3) is 0 Å². The number of halogens is 1. The van der Waals surface area contributed by atoms with Crippen LogP contribution >= 0.6 is 15.9 Å². The Balaban J connectivity index is 2.04. The molecule has 0 saturated carbocycles. The normalized spacial score (nSPS) is 10.3. The van der Waals surface area contributed by atoms with Crippen LogP contribution in [0.5, 0.6) is 11.5 Å². The summed E-state index contributed by atoms with van der Waals surface area (Å²) in [5.74, 6) is 2.41. The van der Waals surface area contributed by atoms with Crippen molar-refractivity contribution in [3.8, 4) is 11.5 Å². The molecule has 0 aliphatic heterocycles. The van der Waals surface area contributed by atoms with Gasteiger partial charge in [-0.1, -0.05) is 6.07 Å². The number of imidazole rings is 1. The molecule has 90 valence electrons. The summed E-state index contributed by atoms with van der Waals surface area (Å²) >= 11 is 3.32. The topological polar surface area (TPSA) is 36.3 Å². The van der Waals surface area contributed by atoms with Gasteiger partial charge in [0.05, 0.1) is 7.11 Å². The van der Waals surface area contributed by atoms with E-state index in [2.05, 4.69) is 20.9 Å². The van der Waals surface area contributed by atoms with E-state index in [9.17, 15) is 0 Å². The number of rotatable bonds is 4. The molecule has 1 aromatic heterocycles. The summed E-state index contributed by atoms with van der Waals surface area (Å²) < 4.78 is 13.5. The zero-order valence-corrected chi connectivity index (χ0v) is 11.3. The first kappa shape index (κ1) is 12.0. The molecule has 0 radical (unpaired) electrons. The van der Waals surface area contributed by atoms with Crippen LogP contribution in [0.15, 0.2) is 35.1 Å². The minimum absolute atomic E-state index is 0.426. The van der Waals surface area contributed by atoms with E-state index >= 15 is 0 Å². The number of aromatic nitrogens is 2. The molecule has 0 saturated heterocycles. The average Bonchev–Trinajstić information content (AvgIpc) is 2.65. The number of methoxy groups -OCH3 is 1. The van der Waals surface area contributed by atoms with E-state index in [0.29, 0.717) is 6.61 Å². The SMILES string of the molecule is COc1cccc(OCc2nc(Br)cn2C)c1. The van der Waals surface area contributed by atoms with Crippen LogP contribution < -0.4 is 9.47 Å². The maximum absolute atomic E-state index is 5.64. The summed E-state index contributed by atoms with van der Waals surface area (Å²) in [6.07, 6.45) is 1.89. The monoisotopic (exact) mass is 296 g/mol. The van der Waals surface area contributed by atoms with Gasteiger partial charge in [0.2, 0.25) is 0 Å². The Bertz CT molecular complexity index is 511. The molecule has 0 bridgehead atoms. The van der Waals surface area contributed by atoms with Gasteiger partial charge >= 0.3 is 0 Å². The summed E-state index contributed by atoms with van der Waals surface area (Å²) in [6.45, 7) is 0.426. The van der Waals surface area contributed by atoms with Crippen LogP contribution in [-0.2, 0) is 13.7 Å². The molecule has 5 heteroatoms. The summed E-state index contributed by atoms with van der Waals surface area (Å²) in [5, 5.41) is 0. The minimum Gasteiger partial charge on any atom is -0.497 e. The third kappa shape index (κ3) is 3.00. The van der Waals surface area contributed by atoms with E-state index < -0.39 is 0 Å². The second-order valence-electron chi connectivity index (χ2n) is 3.56. The van der Waals surface area contributed by atoms with E-state index in [0.717, 1.165) is 21.9 Å². The van der Waals surface area contributed by atoms with Crippen molar-refractivity contribution >= 4 is 15.9 Å². The van der Waals surface area contributed by atoms with Gasteiger partial charge in [0.1, 0.15) is 28.5 Å². The lowest BCUT2D eigenvalue weighted by atomic mass is 10.3. The van der Waals surface area contributed by atoms with Crippen LogP contribution in [0.4, 0.5) is 0 Å². The van der Waals surface area contributed by atoms with Crippen LogP contribution in [-0.4, -0.2) is 16.7 Å². The molecular weight excluding hydrogens is 284 g/mol. The van der Waals surface area contributed by atoms with E-state index in [4.69, 9.17) is 9.47 Å². The number of hydrogen-bond donors (Lipinski definition) is 0. The van der Waals surface area contributed by atoms with Crippen molar-refractivity contribution in [1.29, 1.82) is 0 Å². The molecule has 0 N–H and O–H groups in total. The fourth-order valence-electron chi connectivity index (χ4n) is 1.44. The number of aryl methyl sites for hydroxylation is 1. The molecule has 2 aromatic rings. The van der Waals surface area contributed by atoms with Crippen molar-refractivity contribution in [2.45, 2.75) is 6.61 Å². The second kappa shape index (κ2) is 5.23. The molecule has 1 aromatic carbocycles. The number of benzene rings is 1. The molecule has 0 atom stereocenters.